The molecule has 0 amide bonds. The SMILES string of the molecule is COC(=O)/C=C/C#CCCl. The van der Waals surface area contributed by atoms with Gasteiger partial charge in [-0.25, -0.2) is 4.79 Å². The molecule has 0 aliphatic heterocycles. The van der Waals surface area contributed by atoms with Crippen molar-refractivity contribution >= 4 is 17.6 Å². The summed E-state index contributed by atoms with van der Waals surface area (Å²) in [5, 5.41) is 0. The number of esters is 1. The Bertz CT molecular complexity index is 186. The first-order valence-electron chi connectivity index (χ1n) is 2.60. The number of rotatable bonds is 1. The van der Waals surface area contributed by atoms with Crippen molar-refractivity contribution in [3.8, 4) is 11.8 Å². The van der Waals surface area contributed by atoms with E-state index in [0.717, 1.165) is 0 Å². The Morgan fingerprint density at radius 1 is 1.80 bits per heavy atom. The smallest absolute Gasteiger partial charge is 0.331 e. The van der Waals surface area contributed by atoms with Gasteiger partial charge in [0.05, 0.1) is 13.0 Å². The van der Waals surface area contributed by atoms with E-state index in [1.165, 1.54) is 19.3 Å². The molecule has 0 aliphatic carbocycles. The molecule has 0 radical (unpaired) electrons. The molecule has 0 N–H and O–H groups in total. The third-order valence-corrected chi connectivity index (χ3v) is 0.806. The minimum Gasteiger partial charge on any atom is -0.466 e. The molecule has 10 heavy (non-hydrogen) atoms. The highest BCUT2D eigenvalue weighted by molar-refractivity contribution is 6.19. The maximum absolute atomic E-state index is 10.4. The van der Waals surface area contributed by atoms with Crippen molar-refractivity contribution < 1.29 is 9.53 Å². The maximum Gasteiger partial charge on any atom is 0.331 e. The zero-order chi connectivity index (χ0) is 7.82. The number of alkyl halides is 1. The van der Waals surface area contributed by atoms with Gasteiger partial charge in [-0.1, -0.05) is 11.8 Å². The lowest BCUT2D eigenvalue weighted by Gasteiger charge is -1.84. The number of hydrogen-bond donors (Lipinski definition) is 0. The van der Waals surface area contributed by atoms with E-state index >= 15 is 0 Å². The van der Waals surface area contributed by atoms with Crippen LogP contribution in [0.3, 0.4) is 0 Å². The molecule has 0 aromatic rings. The normalized spacial score (nSPS) is 8.60. The van der Waals surface area contributed by atoms with Crippen molar-refractivity contribution in [3.05, 3.63) is 12.2 Å². The lowest BCUT2D eigenvalue weighted by Crippen LogP contribution is -1.92. The Kier molecular flexibility index (Phi) is 5.60. The average Bonchev–Trinajstić information content (AvgIpc) is 1.98. The number of hydrogen-bond acceptors (Lipinski definition) is 2. The molecular weight excluding hydrogens is 152 g/mol. The molecule has 0 aromatic heterocycles. The molecule has 2 nitrogen and oxygen atoms in total. The number of halogens is 1. The van der Waals surface area contributed by atoms with Crippen molar-refractivity contribution in [2.75, 3.05) is 13.0 Å². The number of carbonyl (C=O) groups excluding carboxylic acids is 1. The van der Waals surface area contributed by atoms with Gasteiger partial charge in [0, 0.05) is 6.08 Å². The number of methoxy groups -OCH3 is 1. The van der Waals surface area contributed by atoms with Crippen molar-refractivity contribution in [1.82, 2.24) is 0 Å². The van der Waals surface area contributed by atoms with Gasteiger partial charge in [-0.2, -0.15) is 0 Å². The van der Waals surface area contributed by atoms with Gasteiger partial charge in [0.2, 0.25) is 0 Å². The van der Waals surface area contributed by atoms with E-state index in [9.17, 15) is 4.79 Å². The second kappa shape index (κ2) is 6.18. The van der Waals surface area contributed by atoms with Crippen LogP contribution in [0.4, 0.5) is 0 Å². The number of ether oxygens (including phenoxy) is 1. The third kappa shape index (κ3) is 5.20. The Morgan fingerprint density at radius 2 is 2.50 bits per heavy atom. The Balaban J connectivity index is 3.65. The largest absolute Gasteiger partial charge is 0.466 e. The molecule has 0 aromatic carbocycles. The Morgan fingerprint density at radius 3 is 3.00 bits per heavy atom. The first kappa shape index (κ1) is 9.06. The van der Waals surface area contributed by atoms with Crippen LogP contribution in [0.25, 0.3) is 0 Å². The topological polar surface area (TPSA) is 26.3 Å². The average molecular weight is 159 g/mol. The monoisotopic (exact) mass is 158 g/mol. The van der Waals surface area contributed by atoms with Gasteiger partial charge in [-0.05, 0) is 6.08 Å². The quantitative estimate of drug-likeness (QED) is 0.246. The molecule has 0 rings (SSSR count). The van der Waals surface area contributed by atoms with Crippen molar-refractivity contribution in [2.45, 2.75) is 0 Å². The molecule has 0 atom stereocenters. The van der Waals surface area contributed by atoms with Crippen LogP contribution >= 0.6 is 11.6 Å². The summed E-state index contributed by atoms with van der Waals surface area (Å²) in [4.78, 5) is 10.4. The molecule has 54 valence electrons. The second-order valence-electron chi connectivity index (χ2n) is 1.31. The predicted molar refractivity (Wildman–Crippen MR) is 39.7 cm³/mol. The minimum absolute atomic E-state index is 0.269. The van der Waals surface area contributed by atoms with Gasteiger partial charge < -0.3 is 4.74 Å². The van der Waals surface area contributed by atoms with Crippen LogP contribution in [-0.2, 0) is 9.53 Å². The zero-order valence-electron chi connectivity index (χ0n) is 5.56. The molecule has 0 spiro atoms. The number of carbonyl (C=O) groups is 1. The fourth-order valence-corrected chi connectivity index (χ4v) is 0.352. The van der Waals surface area contributed by atoms with Gasteiger partial charge in [0.25, 0.3) is 0 Å². The number of allylic oxidation sites excluding steroid dienone is 1. The lowest BCUT2D eigenvalue weighted by molar-refractivity contribution is -0.134. The standard InChI is InChI=1S/C7H7ClO2/c1-10-7(9)5-3-2-4-6-8/h3,5H,6H2,1H3/b5-3+. The highest BCUT2D eigenvalue weighted by Crippen LogP contribution is 1.76. The van der Waals surface area contributed by atoms with E-state index in [0.29, 0.717) is 0 Å². The fourth-order valence-electron chi connectivity index (χ4n) is 0.275. The van der Waals surface area contributed by atoms with Crippen LogP contribution in [0.2, 0.25) is 0 Å². The van der Waals surface area contributed by atoms with E-state index in [2.05, 4.69) is 16.6 Å². The van der Waals surface area contributed by atoms with Gasteiger partial charge in [-0.3, -0.25) is 0 Å². The van der Waals surface area contributed by atoms with Crippen LogP contribution in [0.1, 0.15) is 0 Å². The van der Waals surface area contributed by atoms with E-state index in [4.69, 9.17) is 11.6 Å². The summed E-state index contributed by atoms with van der Waals surface area (Å²) in [6, 6.07) is 0. The van der Waals surface area contributed by atoms with Crippen molar-refractivity contribution in [3.63, 3.8) is 0 Å². The molecule has 0 bridgehead atoms. The third-order valence-electron chi connectivity index (χ3n) is 0.673. The summed E-state index contributed by atoms with van der Waals surface area (Å²) < 4.78 is 4.30. The van der Waals surface area contributed by atoms with Gasteiger partial charge in [0.15, 0.2) is 0 Å². The molecule has 0 saturated carbocycles. The molecule has 0 aliphatic rings. The highest BCUT2D eigenvalue weighted by Gasteiger charge is 1.85. The molecular formula is C7H7ClO2. The summed E-state index contributed by atoms with van der Waals surface area (Å²) >= 11 is 5.23. The van der Waals surface area contributed by atoms with Gasteiger partial charge in [0.1, 0.15) is 0 Å². The Labute approximate surface area is 64.8 Å². The summed E-state index contributed by atoms with van der Waals surface area (Å²) in [7, 11) is 1.31. The first-order valence-corrected chi connectivity index (χ1v) is 3.13. The van der Waals surface area contributed by atoms with E-state index in [1.54, 1.807) is 0 Å². The Hall–Kier alpha value is -0.940. The maximum atomic E-state index is 10.4. The van der Waals surface area contributed by atoms with E-state index in [-0.39, 0.29) is 5.88 Å². The van der Waals surface area contributed by atoms with Crippen LogP contribution < -0.4 is 0 Å². The zero-order valence-corrected chi connectivity index (χ0v) is 6.31. The highest BCUT2D eigenvalue weighted by atomic mass is 35.5. The molecule has 3 heteroatoms. The van der Waals surface area contributed by atoms with Crippen LogP contribution in [-0.4, -0.2) is 19.0 Å². The van der Waals surface area contributed by atoms with E-state index in [1.807, 2.05) is 0 Å². The first-order chi connectivity index (χ1) is 4.81. The summed E-state index contributed by atoms with van der Waals surface area (Å²) in [5.41, 5.74) is 0. The molecule has 0 unspecified atom stereocenters. The fraction of sp³-hybridized carbons (Fsp3) is 0.286. The minimum atomic E-state index is -0.413. The van der Waals surface area contributed by atoms with Crippen LogP contribution in [0, 0.1) is 11.8 Å². The molecule has 0 saturated heterocycles. The second-order valence-corrected chi connectivity index (χ2v) is 1.58. The van der Waals surface area contributed by atoms with Gasteiger partial charge >= 0.3 is 5.97 Å². The summed E-state index contributed by atoms with van der Waals surface area (Å²) in [6.45, 7) is 0. The summed E-state index contributed by atoms with van der Waals surface area (Å²) in [5.74, 6) is 4.94. The van der Waals surface area contributed by atoms with Crippen molar-refractivity contribution in [2.24, 2.45) is 0 Å². The van der Waals surface area contributed by atoms with Crippen LogP contribution in [0.15, 0.2) is 12.2 Å². The summed E-state index contributed by atoms with van der Waals surface area (Å²) in [6.07, 6.45) is 2.63. The van der Waals surface area contributed by atoms with Crippen molar-refractivity contribution in [1.29, 1.82) is 0 Å². The molecule has 0 heterocycles. The van der Waals surface area contributed by atoms with Gasteiger partial charge in [-0.15, -0.1) is 11.6 Å². The van der Waals surface area contributed by atoms with E-state index < -0.39 is 5.97 Å². The molecule has 0 fully saturated rings. The predicted octanol–water partition coefficient (Wildman–Crippen LogP) is 0.958. The lowest BCUT2D eigenvalue weighted by atomic mass is 10.5. The van der Waals surface area contributed by atoms with Crippen LogP contribution in [0.5, 0.6) is 0 Å².